The van der Waals surface area contributed by atoms with E-state index in [1.807, 2.05) is 13.8 Å². The van der Waals surface area contributed by atoms with Gasteiger partial charge in [0.2, 0.25) is 10.0 Å². The van der Waals surface area contributed by atoms with Crippen LogP contribution in [0.2, 0.25) is 0 Å². The number of ether oxygens (including phenoxy) is 2. The summed E-state index contributed by atoms with van der Waals surface area (Å²) in [6.07, 6.45) is 1.69. The molecule has 0 bridgehead atoms. The standard InChI is InChI=1S/C19H31N3O7S/c1-7-22(8-2)30(26,27)14-10-16(21(5)11-14)19(25)29-12-17(23)20-15(9-13(3)4)18(24)28-6/h10-11,13,15H,7-9,12H2,1-6H3,(H,20,23). The van der Waals surface area contributed by atoms with Crippen molar-refractivity contribution in [2.24, 2.45) is 13.0 Å². The van der Waals surface area contributed by atoms with Gasteiger partial charge in [0, 0.05) is 26.3 Å². The fourth-order valence-corrected chi connectivity index (χ4v) is 4.39. The minimum absolute atomic E-state index is 0.0137. The predicted molar refractivity (Wildman–Crippen MR) is 109 cm³/mol. The van der Waals surface area contributed by atoms with E-state index in [0.29, 0.717) is 19.5 Å². The van der Waals surface area contributed by atoms with Crippen molar-refractivity contribution in [2.45, 2.75) is 45.1 Å². The molecular formula is C19H31N3O7S. The Labute approximate surface area is 177 Å². The summed E-state index contributed by atoms with van der Waals surface area (Å²) in [7, 11) is -1.00. The Kier molecular flexibility index (Phi) is 9.50. The smallest absolute Gasteiger partial charge is 0.355 e. The highest BCUT2D eigenvalue weighted by Crippen LogP contribution is 2.19. The highest BCUT2D eigenvalue weighted by atomic mass is 32.2. The van der Waals surface area contributed by atoms with Crippen molar-refractivity contribution in [3.8, 4) is 0 Å². The van der Waals surface area contributed by atoms with E-state index in [2.05, 4.69) is 10.1 Å². The molecule has 1 aromatic rings. The summed E-state index contributed by atoms with van der Waals surface area (Å²) < 4.78 is 37.5. The normalized spacial score (nSPS) is 12.7. The third-order valence-electron chi connectivity index (χ3n) is 4.39. The number of esters is 2. The van der Waals surface area contributed by atoms with Gasteiger partial charge < -0.3 is 19.4 Å². The van der Waals surface area contributed by atoms with E-state index in [1.165, 1.54) is 35.3 Å². The second kappa shape index (κ2) is 11.1. The van der Waals surface area contributed by atoms with Crippen molar-refractivity contribution in [3.05, 3.63) is 18.0 Å². The Morgan fingerprint density at radius 2 is 1.80 bits per heavy atom. The van der Waals surface area contributed by atoms with Crippen LogP contribution in [0.25, 0.3) is 0 Å². The largest absolute Gasteiger partial charge is 0.467 e. The molecule has 1 unspecified atom stereocenters. The molecule has 1 rings (SSSR count). The maximum Gasteiger partial charge on any atom is 0.355 e. The van der Waals surface area contributed by atoms with Crippen LogP contribution >= 0.6 is 0 Å². The monoisotopic (exact) mass is 445 g/mol. The number of sulfonamides is 1. The first kappa shape index (κ1) is 25.6. The Balaban J connectivity index is 2.83. The van der Waals surface area contributed by atoms with E-state index < -0.39 is 40.5 Å². The molecule has 170 valence electrons. The first-order valence-corrected chi connectivity index (χ1v) is 11.1. The molecule has 10 nitrogen and oxygen atoms in total. The number of aryl methyl sites for hydroxylation is 1. The topological polar surface area (TPSA) is 124 Å². The maximum atomic E-state index is 12.6. The molecule has 1 heterocycles. The lowest BCUT2D eigenvalue weighted by atomic mass is 10.0. The van der Waals surface area contributed by atoms with Gasteiger partial charge >= 0.3 is 11.9 Å². The molecule has 1 amide bonds. The zero-order valence-corrected chi connectivity index (χ0v) is 19.1. The average Bonchev–Trinajstić information content (AvgIpc) is 3.08. The summed E-state index contributed by atoms with van der Waals surface area (Å²) in [4.78, 5) is 36.2. The van der Waals surface area contributed by atoms with Crippen LogP contribution in [0, 0.1) is 5.92 Å². The van der Waals surface area contributed by atoms with Gasteiger partial charge in [-0.3, -0.25) is 4.79 Å². The summed E-state index contributed by atoms with van der Waals surface area (Å²) in [5, 5.41) is 2.48. The number of rotatable bonds is 11. The lowest BCUT2D eigenvalue weighted by molar-refractivity contribution is -0.145. The molecule has 0 saturated carbocycles. The molecule has 30 heavy (non-hydrogen) atoms. The van der Waals surface area contributed by atoms with Crippen molar-refractivity contribution in [2.75, 3.05) is 26.8 Å². The minimum atomic E-state index is -3.73. The van der Waals surface area contributed by atoms with E-state index in [4.69, 9.17) is 4.74 Å². The molecule has 0 aliphatic heterocycles. The van der Waals surface area contributed by atoms with Gasteiger partial charge in [-0.1, -0.05) is 27.7 Å². The quantitative estimate of drug-likeness (QED) is 0.502. The first-order valence-electron chi connectivity index (χ1n) is 9.68. The lowest BCUT2D eigenvalue weighted by Crippen LogP contribution is -2.44. The van der Waals surface area contributed by atoms with Gasteiger partial charge in [0.05, 0.1) is 7.11 Å². The molecule has 1 N–H and O–H groups in total. The number of carbonyl (C=O) groups is 3. The number of carbonyl (C=O) groups excluding carboxylic acids is 3. The Bertz CT molecular complexity index is 857. The van der Waals surface area contributed by atoms with Crippen LogP contribution < -0.4 is 5.32 Å². The minimum Gasteiger partial charge on any atom is -0.467 e. The molecule has 0 aromatic carbocycles. The summed E-state index contributed by atoms with van der Waals surface area (Å²) in [5.74, 6) is -1.97. The van der Waals surface area contributed by atoms with Gasteiger partial charge in [-0.2, -0.15) is 4.31 Å². The second-order valence-electron chi connectivity index (χ2n) is 7.11. The Morgan fingerprint density at radius 1 is 1.20 bits per heavy atom. The predicted octanol–water partition coefficient (Wildman–Crippen LogP) is 0.916. The lowest BCUT2D eigenvalue weighted by Gasteiger charge is -2.18. The molecular weight excluding hydrogens is 414 g/mol. The SMILES string of the molecule is CCN(CC)S(=O)(=O)c1cc(C(=O)OCC(=O)NC(CC(C)C)C(=O)OC)n(C)c1. The van der Waals surface area contributed by atoms with Crippen LogP contribution in [0.1, 0.15) is 44.6 Å². The zero-order chi connectivity index (χ0) is 23.1. The van der Waals surface area contributed by atoms with Crippen LogP contribution in [-0.2, 0) is 36.1 Å². The highest BCUT2D eigenvalue weighted by molar-refractivity contribution is 7.89. The third kappa shape index (κ3) is 6.56. The maximum absolute atomic E-state index is 12.6. The second-order valence-corrected chi connectivity index (χ2v) is 9.05. The average molecular weight is 446 g/mol. The van der Waals surface area contributed by atoms with Crippen molar-refractivity contribution < 1.29 is 32.3 Å². The molecule has 1 aromatic heterocycles. The molecule has 0 saturated heterocycles. The van der Waals surface area contributed by atoms with Crippen molar-refractivity contribution in [3.63, 3.8) is 0 Å². The summed E-state index contributed by atoms with van der Waals surface area (Å²) in [6.45, 7) is 7.20. The van der Waals surface area contributed by atoms with Crippen LogP contribution in [-0.4, -0.2) is 68.0 Å². The Hall–Kier alpha value is -2.40. The number of amides is 1. The van der Waals surface area contributed by atoms with E-state index in [9.17, 15) is 22.8 Å². The van der Waals surface area contributed by atoms with Crippen LogP contribution in [0.15, 0.2) is 17.2 Å². The molecule has 0 aliphatic carbocycles. The molecule has 0 aliphatic rings. The summed E-state index contributed by atoms with van der Waals surface area (Å²) >= 11 is 0. The number of methoxy groups -OCH3 is 1. The van der Waals surface area contributed by atoms with E-state index in [1.54, 1.807) is 13.8 Å². The van der Waals surface area contributed by atoms with Crippen LogP contribution in [0.4, 0.5) is 0 Å². The van der Waals surface area contributed by atoms with Crippen molar-refractivity contribution in [1.82, 2.24) is 14.2 Å². The highest BCUT2D eigenvalue weighted by Gasteiger charge is 2.27. The van der Waals surface area contributed by atoms with E-state index in [-0.39, 0.29) is 16.5 Å². The van der Waals surface area contributed by atoms with Gasteiger partial charge in [-0.15, -0.1) is 0 Å². The van der Waals surface area contributed by atoms with E-state index >= 15 is 0 Å². The molecule has 0 fully saturated rings. The van der Waals surface area contributed by atoms with Crippen LogP contribution in [0.3, 0.4) is 0 Å². The van der Waals surface area contributed by atoms with Crippen LogP contribution in [0.5, 0.6) is 0 Å². The Morgan fingerprint density at radius 3 is 2.30 bits per heavy atom. The fourth-order valence-electron chi connectivity index (χ4n) is 2.86. The molecule has 0 radical (unpaired) electrons. The zero-order valence-electron chi connectivity index (χ0n) is 18.3. The first-order chi connectivity index (χ1) is 14.0. The van der Waals surface area contributed by atoms with E-state index in [0.717, 1.165) is 0 Å². The van der Waals surface area contributed by atoms with Gasteiger partial charge in [0.1, 0.15) is 16.6 Å². The van der Waals surface area contributed by atoms with Gasteiger partial charge in [0.15, 0.2) is 6.61 Å². The van der Waals surface area contributed by atoms with Gasteiger partial charge in [-0.05, 0) is 18.4 Å². The number of hydrogen-bond donors (Lipinski definition) is 1. The molecule has 1 atom stereocenters. The summed E-state index contributed by atoms with van der Waals surface area (Å²) in [6, 6.07) is 0.367. The van der Waals surface area contributed by atoms with Gasteiger partial charge in [-0.25, -0.2) is 18.0 Å². The molecule has 0 spiro atoms. The summed E-state index contributed by atoms with van der Waals surface area (Å²) in [5.41, 5.74) is -0.0137. The number of hydrogen-bond acceptors (Lipinski definition) is 7. The molecule has 11 heteroatoms. The fraction of sp³-hybridized carbons (Fsp3) is 0.632. The van der Waals surface area contributed by atoms with Crippen molar-refractivity contribution in [1.29, 1.82) is 0 Å². The number of nitrogens with zero attached hydrogens (tertiary/aromatic N) is 2. The number of aromatic nitrogens is 1. The third-order valence-corrected chi connectivity index (χ3v) is 6.41. The van der Waals surface area contributed by atoms with Crippen molar-refractivity contribution >= 4 is 27.9 Å². The number of nitrogens with one attached hydrogen (secondary N) is 1. The van der Waals surface area contributed by atoms with Gasteiger partial charge in [0.25, 0.3) is 5.91 Å².